The summed E-state index contributed by atoms with van der Waals surface area (Å²) < 4.78 is 6.92. The van der Waals surface area contributed by atoms with Gasteiger partial charge in [-0.2, -0.15) is 0 Å². The van der Waals surface area contributed by atoms with Gasteiger partial charge < -0.3 is 19.8 Å². The van der Waals surface area contributed by atoms with Crippen LogP contribution < -0.4 is 0 Å². The number of ether oxygens (including phenoxy) is 1. The number of hydrogen-bond acceptors (Lipinski definition) is 5. The predicted octanol–water partition coefficient (Wildman–Crippen LogP) is 5.60. The van der Waals surface area contributed by atoms with Crippen molar-refractivity contribution in [3.8, 4) is 0 Å². The topological polar surface area (TPSA) is 82.9 Å². The highest BCUT2D eigenvalue weighted by atomic mass is 16.5. The van der Waals surface area contributed by atoms with Crippen LogP contribution in [0.3, 0.4) is 0 Å². The first-order valence-electron chi connectivity index (χ1n) is 16.5. The Morgan fingerprint density at radius 3 is 2.41 bits per heavy atom. The number of hydrogen-bond donors (Lipinski definition) is 2. The number of carbonyl (C=O) groups is 1. The average Bonchev–Trinajstić information content (AvgIpc) is 3.56. The molecule has 1 aromatic heterocycles. The van der Waals surface area contributed by atoms with E-state index in [2.05, 4.69) is 39.6 Å². The first-order valence-corrected chi connectivity index (χ1v) is 16.5. The summed E-state index contributed by atoms with van der Waals surface area (Å²) in [6, 6.07) is 3.93. The van der Waals surface area contributed by atoms with Gasteiger partial charge >= 0.3 is 0 Å². The number of nitrogens with zero attached hydrogens (tertiary/aromatic N) is 2. The van der Waals surface area contributed by atoms with E-state index in [1.165, 1.54) is 19.3 Å². The standard InChI is InChI=1S/C35H52N2O4/c1-21-17-24(19-37(22(2)38)18-23-10-15-36-16-11-23)41-29-28(21)32(5)13-14-35-20-34(35)12-9-27(39)31(3,4)25(34)7-8-26(35)33(32,6)30(29)40/h10-11,15-16,21,24-30,39-40H,7-9,12-14,17-20H2,1-6H3/t21-,24?,25+,26?,27?,28+,29?,30+,32?,33-,34?,35?/m1/s1. The first kappa shape index (κ1) is 28.3. The van der Waals surface area contributed by atoms with Gasteiger partial charge in [-0.15, -0.1) is 0 Å². The minimum Gasteiger partial charge on any atom is -0.393 e. The van der Waals surface area contributed by atoms with Crippen molar-refractivity contribution in [3.05, 3.63) is 30.1 Å². The minimum absolute atomic E-state index is 0.0274. The van der Waals surface area contributed by atoms with Crippen molar-refractivity contribution in [1.29, 1.82) is 0 Å². The van der Waals surface area contributed by atoms with Crippen LogP contribution in [0, 0.1) is 50.7 Å². The Balaban J connectivity index is 1.16. The van der Waals surface area contributed by atoms with Gasteiger partial charge in [0.15, 0.2) is 0 Å². The van der Waals surface area contributed by atoms with Crippen molar-refractivity contribution < 1.29 is 19.7 Å². The zero-order valence-electron chi connectivity index (χ0n) is 26.1. The molecule has 6 nitrogen and oxygen atoms in total. The number of rotatable bonds is 4. The molecule has 6 aliphatic rings. The fraction of sp³-hybridized carbons (Fsp3) is 0.829. The Kier molecular flexibility index (Phi) is 6.22. The maximum atomic E-state index is 12.7. The van der Waals surface area contributed by atoms with Gasteiger partial charge in [0, 0.05) is 37.8 Å². The Morgan fingerprint density at radius 2 is 1.71 bits per heavy atom. The van der Waals surface area contributed by atoms with E-state index >= 15 is 0 Å². The molecule has 2 spiro atoms. The van der Waals surface area contributed by atoms with Crippen LogP contribution >= 0.6 is 0 Å². The van der Waals surface area contributed by atoms with Gasteiger partial charge in [0.25, 0.3) is 0 Å². The van der Waals surface area contributed by atoms with Crippen LogP contribution in [0.1, 0.15) is 98.5 Å². The second-order valence-electron chi connectivity index (χ2n) is 16.4. The molecule has 6 heteroatoms. The van der Waals surface area contributed by atoms with Crippen molar-refractivity contribution >= 4 is 5.91 Å². The Bertz CT molecular complexity index is 1210. The summed E-state index contributed by atoms with van der Waals surface area (Å²) in [6.45, 7) is 14.7. The van der Waals surface area contributed by atoms with Gasteiger partial charge in [0.2, 0.25) is 5.91 Å². The summed E-state index contributed by atoms with van der Waals surface area (Å²) in [4.78, 5) is 18.7. The van der Waals surface area contributed by atoms with E-state index in [9.17, 15) is 15.0 Å². The lowest BCUT2D eigenvalue weighted by Crippen LogP contribution is -2.59. The van der Waals surface area contributed by atoms with E-state index in [4.69, 9.17) is 4.74 Å². The van der Waals surface area contributed by atoms with Crippen LogP contribution in [0.25, 0.3) is 0 Å². The third-order valence-corrected chi connectivity index (χ3v) is 14.8. The molecule has 5 aliphatic carbocycles. The van der Waals surface area contributed by atoms with E-state index in [0.29, 0.717) is 47.6 Å². The maximum Gasteiger partial charge on any atom is 0.219 e. The number of pyridine rings is 1. The van der Waals surface area contributed by atoms with Crippen molar-refractivity contribution in [1.82, 2.24) is 9.88 Å². The minimum atomic E-state index is -0.493. The number of fused-ring (bicyclic) bond motifs is 4. The predicted molar refractivity (Wildman–Crippen MR) is 157 cm³/mol. The molecule has 1 saturated heterocycles. The van der Waals surface area contributed by atoms with E-state index in [0.717, 1.165) is 37.7 Å². The summed E-state index contributed by atoms with van der Waals surface area (Å²) in [6.07, 6.45) is 11.7. The molecule has 2 N–H and O–H groups in total. The summed E-state index contributed by atoms with van der Waals surface area (Å²) in [5.74, 6) is 1.90. The molecular formula is C35H52N2O4. The molecule has 41 heavy (non-hydrogen) atoms. The second kappa shape index (κ2) is 9.01. The molecule has 226 valence electrons. The highest BCUT2D eigenvalue weighted by Crippen LogP contribution is 2.89. The number of aliphatic hydroxyl groups excluding tert-OH is 2. The lowest BCUT2D eigenvalue weighted by atomic mass is 9.41. The number of aliphatic hydroxyl groups is 2. The van der Waals surface area contributed by atoms with E-state index in [1.54, 1.807) is 19.3 Å². The molecule has 12 atom stereocenters. The zero-order valence-corrected chi connectivity index (χ0v) is 26.1. The van der Waals surface area contributed by atoms with Crippen molar-refractivity contribution in [2.75, 3.05) is 6.54 Å². The van der Waals surface area contributed by atoms with Gasteiger partial charge in [-0.3, -0.25) is 9.78 Å². The lowest BCUT2D eigenvalue weighted by molar-refractivity contribution is -0.182. The van der Waals surface area contributed by atoms with E-state index in [1.807, 2.05) is 17.0 Å². The highest BCUT2D eigenvalue weighted by molar-refractivity contribution is 5.73. The largest absolute Gasteiger partial charge is 0.393 e. The smallest absolute Gasteiger partial charge is 0.219 e. The third kappa shape index (κ3) is 3.53. The van der Waals surface area contributed by atoms with Crippen LogP contribution in [0.5, 0.6) is 0 Å². The van der Waals surface area contributed by atoms with Gasteiger partial charge in [0.1, 0.15) is 0 Å². The SMILES string of the molecule is CC(=O)N(Cc1ccncc1)CC1C[C@@H](C)[C@H]2C(O1)[C@H](O)[C@@]1(C)C3CC[C@H]4C(C)(C)C(O)CCC45CC35CCC21C. The van der Waals surface area contributed by atoms with E-state index < -0.39 is 6.10 Å². The third-order valence-electron chi connectivity index (χ3n) is 14.8. The summed E-state index contributed by atoms with van der Waals surface area (Å²) in [7, 11) is 0. The molecule has 7 unspecified atom stereocenters. The van der Waals surface area contributed by atoms with Crippen LogP contribution in [0.15, 0.2) is 24.5 Å². The van der Waals surface area contributed by atoms with E-state index in [-0.39, 0.29) is 40.5 Å². The molecule has 7 rings (SSSR count). The molecule has 0 radical (unpaired) electrons. The summed E-state index contributed by atoms with van der Waals surface area (Å²) >= 11 is 0. The molecule has 5 saturated carbocycles. The van der Waals surface area contributed by atoms with Crippen molar-refractivity contribution in [2.24, 2.45) is 50.7 Å². The zero-order chi connectivity index (χ0) is 29.2. The van der Waals surface area contributed by atoms with Crippen LogP contribution in [0.2, 0.25) is 0 Å². The summed E-state index contributed by atoms with van der Waals surface area (Å²) in [5.41, 5.74) is 1.56. The Morgan fingerprint density at radius 1 is 1.02 bits per heavy atom. The molecule has 1 amide bonds. The molecule has 1 aromatic rings. The maximum absolute atomic E-state index is 12.7. The first-order chi connectivity index (χ1) is 19.3. The fourth-order valence-corrected chi connectivity index (χ4v) is 12.8. The Labute approximate surface area is 246 Å². The molecule has 0 aromatic carbocycles. The van der Waals surface area contributed by atoms with Crippen molar-refractivity contribution in [2.45, 2.75) is 124 Å². The average molecular weight is 565 g/mol. The number of aromatic nitrogens is 1. The number of carbonyl (C=O) groups excluding carboxylic acids is 1. The van der Waals surface area contributed by atoms with Gasteiger partial charge in [-0.25, -0.2) is 0 Å². The molecule has 2 heterocycles. The van der Waals surface area contributed by atoms with Crippen LogP contribution in [-0.4, -0.2) is 57.0 Å². The second-order valence-corrected chi connectivity index (χ2v) is 16.4. The summed E-state index contributed by atoms with van der Waals surface area (Å²) in [5, 5.41) is 23.4. The normalized spacial score (nSPS) is 50.9. The van der Waals surface area contributed by atoms with Gasteiger partial charge in [-0.1, -0.05) is 34.6 Å². The fourth-order valence-electron chi connectivity index (χ4n) is 12.8. The molecular weight excluding hydrogens is 512 g/mol. The van der Waals surface area contributed by atoms with Crippen LogP contribution in [0.4, 0.5) is 0 Å². The Hall–Kier alpha value is -1.50. The molecule has 6 fully saturated rings. The lowest BCUT2D eigenvalue weighted by Gasteiger charge is -2.63. The van der Waals surface area contributed by atoms with Gasteiger partial charge in [0.05, 0.1) is 24.4 Å². The molecule has 1 aliphatic heterocycles. The number of amides is 1. The van der Waals surface area contributed by atoms with Crippen molar-refractivity contribution in [3.63, 3.8) is 0 Å². The van der Waals surface area contributed by atoms with Gasteiger partial charge in [-0.05, 0) is 114 Å². The van der Waals surface area contributed by atoms with Crippen LogP contribution in [-0.2, 0) is 16.1 Å². The molecule has 0 bridgehead atoms. The quantitative estimate of drug-likeness (QED) is 0.497. The highest BCUT2D eigenvalue weighted by Gasteiger charge is 2.84. The monoisotopic (exact) mass is 564 g/mol.